The number of amides is 1. The van der Waals surface area contributed by atoms with Crippen LogP contribution in [0.3, 0.4) is 0 Å². The van der Waals surface area contributed by atoms with Crippen molar-refractivity contribution in [3.05, 3.63) is 21.9 Å². The van der Waals surface area contributed by atoms with Gasteiger partial charge in [0.05, 0.1) is 5.56 Å². The lowest BCUT2D eigenvalue weighted by Gasteiger charge is -2.27. The Morgan fingerprint density at radius 1 is 1.39 bits per heavy atom. The van der Waals surface area contributed by atoms with Crippen molar-refractivity contribution in [2.75, 3.05) is 6.54 Å². The van der Waals surface area contributed by atoms with Crippen LogP contribution in [-0.2, 0) is 0 Å². The van der Waals surface area contributed by atoms with E-state index >= 15 is 0 Å². The fraction of sp³-hybridized carbons (Fsp3) is 0.583. The quantitative estimate of drug-likeness (QED) is 0.858. The lowest BCUT2D eigenvalue weighted by Crippen LogP contribution is -2.38. The maximum absolute atomic E-state index is 12.5. The molecule has 1 aromatic rings. The highest BCUT2D eigenvalue weighted by atomic mass is 35.5. The van der Waals surface area contributed by atoms with Crippen LogP contribution in [0.4, 0.5) is 0 Å². The minimum Gasteiger partial charge on any atom is -0.336 e. The van der Waals surface area contributed by atoms with E-state index in [2.05, 4.69) is 10.2 Å². The van der Waals surface area contributed by atoms with Crippen LogP contribution in [0.2, 0.25) is 10.3 Å². The van der Waals surface area contributed by atoms with Crippen LogP contribution >= 0.6 is 23.2 Å². The van der Waals surface area contributed by atoms with E-state index in [-0.39, 0.29) is 16.2 Å². The van der Waals surface area contributed by atoms with Gasteiger partial charge in [0.25, 0.3) is 5.91 Å². The lowest BCUT2D eigenvalue weighted by atomic mass is 10.1. The van der Waals surface area contributed by atoms with E-state index in [4.69, 9.17) is 23.2 Å². The van der Waals surface area contributed by atoms with Gasteiger partial charge in [-0.2, -0.15) is 0 Å². The zero-order valence-corrected chi connectivity index (χ0v) is 11.7. The molecule has 0 aromatic carbocycles. The van der Waals surface area contributed by atoms with Crippen molar-refractivity contribution in [1.82, 2.24) is 15.1 Å². The first-order valence-electron chi connectivity index (χ1n) is 6.13. The Kier molecular flexibility index (Phi) is 4.40. The summed E-state index contributed by atoms with van der Waals surface area (Å²) < 4.78 is 0. The zero-order valence-electron chi connectivity index (χ0n) is 10.2. The fourth-order valence-electron chi connectivity index (χ4n) is 2.44. The molecule has 18 heavy (non-hydrogen) atoms. The molecule has 1 amide bonds. The van der Waals surface area contributed by atoms with E-state index < -0.39 is 0 Å². The second kappa shape index (κ2) is 5.85. The van der Waals surface area contributed by atoms with Crippen LogP contribution in [0.15, 0.2) is 6.07 Å². The summed E-state index contributed by atoms with van der Waals surface area (Å²) in [5.74, 6) is -0.105. The highest BCUT2D eigenvalue weighted by Gasteiger charge is 2.27. The summed E-state index contributed by atoms with van der Waals surface area (Å²) in [5, 5.41) is 7.59. The Labute approximate surface area is 116 Å². The Morgan fingerprint density at radius 2 is 2.06 bits per heavy atom. The maximum Gasteiger partial charge on any atom is 0.257 e. The molecule has 0 unspecified atom stereocenters. The summed E-state index contributed by atoms with van der Waals surface area (Å²) in [4.78, 5) is 14.3. The molecule has 4 nitrogen and oxygen atoms in total. The minimum absolute atomic E-state index is 0.105. The molecule has 1 aliphatic carbocycles. The summed E-state index contributed by atoms with van der Waals surface area (Å²) in [5.41, 5.74) is 0.338. The van der Waals surface area contributed by atoms with E-state index in [0.29, 0.717) is 18.2 Å². The predicted octanol–water partition coefficient (Wildman–Crippen LogP) is 3.19. The maximum atomic E-state index is 12.5. The van der Waals surface area contributed by atoms with Crippen molar-refractivity contribution in [3.63, 3.8) is 0 Å². The smallest absolute Gasteiger partial charge is 0.257 e. The monoisotopic (exact) mass is 287 g/mol. The van der Waals surface area contributed by atoms with Gasteiger partial charge >= 0.3 is 0 Å². The van der Waals surface area contributed by atoms with Gasteiger partial charge in [-0.05, 0) is 25.8 Å². The van der Waals surface area contributed by atoms with Crippen molar-refractivity contribution in [1.29, 1.82) is 0 Å². The largest absolute Gasteiger partial charge is 0.336 e. The third kappa shape index (κ3) is 2.75. The van der Waals surface area contributed by atoms with Crippen LogP contribution in [0.5, 0.6) is 0 Å². The summed E-state index contributed by atoms with van der Waals surface area (Å²) in [6.45, 7) is 2.64. The Hall–Kier alpha value is -0.870. The predicted molar refractivity (Wildman–Crippen MR) is 71.0 cm³/mol. The van der Waals surface area contributed by atoms with E-state index in [1.807, 2.05) is 11.8 Å². The molecule has 0 atom stereocenters. The number of hydrogen-bond donors (Lipinski definition) is 0. The molecular formula is C12H15Cl2N3O. The van der Waals surface area contributed by atoms with Crippen molar-refractivity contribution in [2.24, 2.45) is 0 Å². The van der Waals surface area contributed by atoms with Gasteiger partial charge in [-0.15, -0.1) is 10.2 Å². The summed E-state index contributed by atoms with van der Waals surface area (Å²) in [6, 6.07) is 1.79. The molecule has 0 saturated heterocycles. The highest BCUT2D eigenvalue weighted by molar-refractivity contribution is 6.34. The lowest BCUT2D eigenvalue weighted by molar-refractivity contribution is 0.0693. The number of nitrogens with zero attached hydrogens (tertiary/aromatic N) is 3. The summed E-state index contributed by atoms with van der Waals surface area (Å²) in [6.07, 6.45) is 4.47. The first-order chi connectivity index (χ1) is 8.63. The fourth-order valence-corrected chi connectivity index (χ4v) is 2.76. The minimum atomic E-state index is -0.105. The van der Waals surface area contributed by atoms with E-state index in [0.717, 1.165) is 12.8 Å². The van der Waals surface area contributed by atoms with Crippen molar-refractivity contribution < 1.29 is 4.79 Å². The van der Waals surface area contributed by atoms with Crippen LogP contribution in [0.25, 0.3) is 0 Å². The molecule has 6 heteroatoms. The summed E-state index contributed by atoms with van der Waals surface area (Å²) >= 11 is 11.7. The molecule has 1 aliphatic rings. The third-order valence-electron chi connectivity index (χ3n) is 3.32. The molecule has 0 spiro atoms. The molecule has 1 fully saturated rings. The Bertz CT molecular complexity index is 447. The standard InChI is InChI=1S/C12H15Cl2N3O/c1-2-17(8-5-3-4-6-8)12(18)9-7-10(13)15-16-11(9)14/h7-8H,2-6H2,1H3. The van der Waals surface area contributed by atoms with Crippen molar-refractivity contribution in [3.8, 4) is 0 Å². The highest BCUT2D eigenvalue weighted by Crippen LogP contribution is 2.26. The summed E-state index contributed by atoms with van der Waals surface area (Å²) in [7, 11) is 0. The zero-order chi connectivity index (χ0) is 13.1. The van der Waals surface area contributed by atoms with E-state index in [1.165, 1.54) is 18.9 Å². The van der Waals surface area contributed by atoms with Gasteiger partial charge in [0, 0.05) is 12.6 Å². The second-order valence-corrected chi connectivity index (χ2v) is 5.15. The van der Waals surface area contributed by atoms with Gasteiger partial charge in [0.2, 0.25) is 0 Å². The number of rotatable bonds is 3. The Morgan fingerprint density at radius 3 is 2.67 bits per heavy atom. The van der Waals surface area contributed by atoms with E-state index in [1.54, 1.807) is 0 Å². The first kappa shape index (κ1) is 13.6. The number of hydrogen-bond acceptors (Lipinski definition) is 3. The number of halogens is 2. The molecule has 1 heterocycles. The molecule has 0 aliphatic heterocycles. The molecule has 0 N–H and O–H groups in total. The van der Waals surface area contributed by atoms with Gasteiger partial charge in [0.1, 0.15) is 0 Å². The third-order valence-corrected chi connectivity index (χ3v) is 3.78. The van der Waals surface area contributed by atoms with E-state index in [9.17, 15) is 4.79 Å². The van der Waals surface area contributed by atoms with Crippen molar-refractivity contribution >= 4 is 29.1 Å². The molecular weight excluding hydrogens is 273 g/mol. The van der Waals surface area contributed by atoms with Crippen LogP contribution < -0.4 is 0 Å². The average Bonchev–Trinajstić information content (AvgIpc) is 2.87. The molecule has 1 aromatic heterocycles. The van der Waals surface area contributed by atoms with Gasteiger partial charge < -0.3 is 4.90 Å². The van der Waals surface area contributed by atoms with Gasteiger partial charge in [-0.25, -0.2) is 0 Å². The second-order valence-electron chi connectivity index (χ2n) is 4.40. The SMILES string of the molecule is CCN(C(=O)c1cc(Cl)nnc1Cl)C1CCCC1. The normalized spacial score (nSPS) is 15.9. The van der Waals surface area contributed by atoms with Gasteiger partial charge in [-0.1, -0.05) is 36.0 Å². The first-order valence-corrected chi connectivity index (χ1v) is 6.88. The molecule has 0 bridgehead atoms. The Balaban J connectivity index is 2.25. The topological polar surface area (TPSA) is 46.1 Å². The van der Waals surface area contributed by atoms with Crippen LogP contribution in [-0.4, -0.2) is 33.6 Å². The van der Waals surface area contributed by atoms with Gasteiger partial charge in [0.15, 0.2) is 10.3 Å². The van der Waals surface area contributed by atoms with Crippen molar-refractivity contribution in [2.45, 2.75) is 38.6 Å². The van der Waals surface area contributed by atoms with Crippen LogP contribution in [0.1, 0.15) is 43.0 Å². The molecule has 98 valence electrons. The molecule has 1 saturated carbocycles. The molecule has 2 rings (SSSR count). The average molecular weight is 288 g/mol. The number of carbonyl (C=O) groups is 1. The van der Waals surface area contributed by atoms with Crippen LogP contribution in [0, 0.1) is 0 Å². The number of carbonyl (C=O) groups excluding carboxylic acids is 1. The number of aromatic nitrogens is 2. The van der Waals surface area contributed by atoms with Gasteiger partial charge in [-0.3, -0.25) is 4.79 Å². The molecule has 0 radical (unpaired) electrons.